The molecule has 0 aromatic heterocycles. The highest BCUT2D eigenvalue weighted by Gasteiger charge is 2.26. The maximum absolute atomic E-state index is 14.2. The molecule has 1 amide bonds. The van der Waals surface area contributed by atoms with Gasteiger partial charge in [0.2, 0.25) is 0 Å². The fraction of sp³-hybridized carbons (Fsp3) is 0.611. The van der Waals surface area contributed by atoms with Crippen LogP contribution in [0.25, 0.3) is 0 Å². The highest BCUT2D eigenvalue weighted by Crippen LogP contribution is 2.27. The number of amides is 1. The van der Waals surface area contributed by atoms with Crippen LogP contribution in [-0.2, 0) is 4.74 Å². The van der Waals surface area contributed by atoms with Crippen molar-refractivity contribution in [3.8, 4) is 0 Å². The van der Waals surface area contributed by atoms with Crippen LogP contribution in [0.5, 0.6) is 0 Å². The quantitative estimate of drug-likeness (QED) is 0.930. The van der Waals surface area contributed by atoms with Crippen molar-refractivity contribution in [2.45, 2.75) is 37.7 Å². The lowest BCUT2D eigenvalue weighted by Crippen LogP contribution is -2.41. The van der Waals surface area contributed by atoms with E-state index in [0.29, 0.717) is 19.0 Å². The van der Waals surface area contributed by atoms with Crippen molar-refractivity contribution in [3.05, 3.63) is 35.1 Å². The molecule has 0 aliphatic carbocycles. The summed E-state index contributed by atoms with van der Waals surface area (Å²) in [5.74, 6) is -0.183. The molecule has 0 radical (unpaired) electrons. The smallest absolute Gasteiger partial charge is 0.256 e. The maximum atomic E-state index is 14.2. The monoisotopic (exact) mass is 320 g/mol. The van der Waals surface area contributed by atoms with Gasteiger partial charge in [0.15, 0.2) is 0 Å². The first-order valence-corrected chi connectivity index (χ1v) is 8.51. The minimum Gasteiger partial charge on any atom is -0.381 e. The van der Waals surface area contributed by atoms with E-state index in [1.165, 1.54) is 6.07 Å². The van der Waals surface area contributed by atoms with E-state index in [1.807, 2.05) is 6.07 Å². The first-order chi connectivity index (χ1) is 11.2. The van der Waals surface area contributed by atoms with Gasteiger partial charge in [0.05, 0.1) is 11.7 Å². The zero-order valence-corrected chi connectivity index (χ0v) is 13.7. The van der Waals surface area contributed by atoms with Crippen LogP contribution in [0.3, 0.4) is 0 Å². The number of benzene rings is 1. The van der Waals surface area contributed by atoms with Gasteiger partial charge in [0, 0.05) is 20.2 Å². The van der Waals surface area contributed by atoms with Crippen molar-refractivity contribution < 1.29 is 13.9 Å². The lowest BCUT2D eigenvalue weighted by atomic mass is 9.89. The van der Waals surface area contributed by atoms with Crippen LogP contribution in [-0.4, -0.2) is 50.2 Å². The first kappa shape index (κ1) is 16.4. The topological polar surface area (TPSA) is 41.6 Å². The Bertz CT molecular complexity index is 550. The summed E-state index contributed by atoms with van der Waals surface area (Å²) in [6.45, 7) is 3.23. The predicted octanol–water partition coefficient (Wildman–Crippen LogP) is 2.54. The highest BCUT2D eigenvalue weighted by molar-refractivity contribution is 5.94. The van der Waals surface area contributed by atoms with E-state index in [2.05, 4.69) is 5.32 Å². The third kappa shape index (κ3) is 3.72. The largest absolute Gasteiger partial charge is 0.381 e. The second-order valence-electron chi connectivity index (χ2n) is 6.49. The molecular weight excluding hydrogens is 295 g/mol. The molecule has 3 rings (SSSR count). The summed E-state index contributed by atoms with van der Waals surface area (Å²) in [5.41, 5.74) is 1.31. The average Bonchev–Trinajstić information content (AvgIpc) is 2.62. The number of ether oxygens (including phenoxy) is 1. The van der Waals surface area contributed by atoms with Crippen molar-refractivity contribution in [1.82, 2.24) is 10.2 Å². The second-order valence-corrected chi connectivity index (χ2v) is 6.49. The number of nitrogens with one attached hydrogen (secondary N) is 1. The van der Waals surface area contributed by atoms with E-state index in [4.69, 9.17) is 4.74 Å². The molecule has 2 aliphatic rings. The van der Waals surface area contributed by atoms with Crippen molar-refractivity contribution in [2.24, 2.45) is 0 Å². The molecule has 0 spiro atoms. The lowest BCUT2D eigenvalue weighted by Gasteiger charge is -2.31. The van der Waals surface area contributed by atoms with Gasteiger partial charge in [-0.2, -0.15) is 0 Å². The SMILES string of the molecule is COC1CCN(C(=O)c2cc(C3CCNCC3)ccc2F)CC1. The molecular formula is C18H25FN2O2. The molecule has 1 N–H and O–H groups in total. The number of nitrogens with zero attached hydrogens (tertiary/aromatic N) is 1. The van der Waals surface area contributed by atoms with Crippen LogP contribution >= 0.6 is 0 Å². The number of hydrogen-bond donors (Lipinski definition) is 1. The van der Waals surface area contributed by atoms with Gasteiger partial charge in [-0.05, 0) is 62.4 Å². The van der Waals surface area contributed by atoms with Crippen LogP contribution in [0, 0.1) is 5.82 Å². The second kappa shape index (κ2) is 7.41. The summed E-state index contributed by atoms with van der Waals surface area (Å²) in [6.07, 6.45) is 3.93. The average molecular weight is 320 g/mol. The molecule has 0 unspecified atom stereocenters. The lowest BCUT2D eigenvalue weighted by molar-refractivity contribution is 0.0348. The van der Waals surface area contributed by atoms with Crippen molar-refractivity contribution >= 4 is 5.91 Å². The van der Waals surface area contributed by atoms with Gasteiger partial charge in [0.25, 0.3) is 5.91 Å². The van der Waals surface area contributed by atoms with Gasteiger partial charge >= 0.3 is 0 Å². The van der Waals surface area contributed by atoms with E-state index in [1.54, 1.807) is 18.1 Å². The summed E-state index contributed by atoms with van der Waals surface area (Å²) >= 11 is 0. The standard InChI is InChI=1S/C18H25FN2O2/c1-23-15-6-10-21(11-7-15)18(22)16-12-14(2-3-17(16)19)13-4-8-20-9-5-13/h2-3,12-13,15,20H,4-11H2,1H3. The molecule has 2 fully saturated rings. The van der Waals surface area contributed by atoms with Crippen LogP contribution in [0.4, 0.5) is 4.39 Å². The molecule has 2 aliphatic heterocycles. The van der Waals surface area contributed by atoms with E-state index < -0.39 is 5.82 Å². The summed E-state index contributed by atoms with van der Waals surface area (Å²) in [7, 11) is 1.70. The Morgan fingerprint density at radius 1 is 1.22 bits per heavy atom. The van der Waals surface area contributed by atoms with Crippen molar-refractivity contribution in [2.75, 3.05) is 33.3 Å². The Morgan fingerprint density at radius 3 is 2.57 bits per heavy atom. The van der Waals surface area contributed by atoms with E-state index in [-0.39, 0.29) is 17.6 Å². The van der Waals surface area contributed by atoms with Crippen LogP contribution < -0.4 is 5.32 Å². The van der Waals surface area contributed by atoms with Gasteiger partial charge in [-0.25, -0.2) is 4.39 Å². The first-order valence-electron chi connectivity index (χ1n) is 8.51. The van der Waals surface area contributed by atoms with Crippen LogP contribution in [0.15, 0.2) is 18.2 Å². The summed E-state index contributed by atoms with van der Waals surface area (Å²) in [5, 5.41) is 3.33. The molecule has 0 atom stereocenters. The minimum atomic E-state index is -0.415. The molecule has 1 aromatic carbocycles. The number of carbonyl (C=O) groups is 1. The Kier molecular flexibility index (Phi) is 5.28. The van der Waals surface area contributed by atoms with Crippen LogP contribution in [0.1, 0.15) is 47.5 Å². The number of hydrogen-bond acceptors (Lipinski definition) is 3. The predicted molar refractivity (Wildman–Crippen MR) is 87.2 cm³/mol. The van der Waals surface area contributed by atoms with Crippen LogP contribution in [0.2, 0.25) is 0 Å². The van der Waals surface area contributed by atoms with Crippen molar-refractivity contribution in [3.63, 3.8) is 0 Å². The van der Waals surface area contributed by atoms with Gasteiger partial charge in [-0.3, -0.25) is 4.79 Å². The number of likely N-dealkylation sites (tertiary alicyclic amines) is 1. The Balaban J connectivity index is 1.74. The Hall–Kier alpha value is -1.46. The molecule has 0 saturated carbocycles. The van der Waals surface area contributed by atoms with E-state index >= 15 is 0 Å². The minimum absolute atomic E-state index is 0.187. The normalized spacial score (nSPS) is 20.7. The fourth-order valence-electron chi connectivity index (χ4n) is 3.58. The fourth-order valence-corrected chi connectivity index (χ4v) is 3.58. The molecule has 4 nitrogen and oxygen atoms in total. The number of methoxy groups -OCH3 is 1. The molecule has 2 heterocycles. The molecule has 126 valence electrons. The van der Waals surface area contributed by atoms with Crippen molar-refractivity contribution in [1.29, 1.82) is 0 Å². The highest BCUT2D eigenvalue weighted by atomic mass is 19.1. The maximum Gasteiger partial charge on any atom is 0.256 e. The molecule has 5 heteroatoms. The van der Waals surface area contributed by atoms with Gasteiger partial charge in [-0.15, -0.1) is 0 Å². The Morgan fingerprint density at radius 2 is 1.91 bits per heavy atom. The molecule has 0 bridgehead atoms. The van der Waals surface area contributed by atoms with Gasteiger partial charge in [-0.1, -0.05) is 6.07 Å². The molecule has 23 heavy (non-hydrogen) atoms. The Labute approximate surface area is 137 Å². The number of piperidine rings is 2. The summed E-state index contributed by atoms with van der Waals surface area (Å²) in [6, 6.07) is 5.06. The zero-order chi connectivity index (χ0) is 16.2. The number of carbonyl (C=O) groups excluding carboxylic acids is 1. The zero-order valence-electron chi connectivity index (χ0n) is 13.7. The number of halogens is 1. The molecule has 1 aromatic rings. The molecule has 2 saturated heterocycles. The van der Waals surface area contributed by atoms with E-state index in [9.17, 15) is 9.18 Å². The third-order valence-corrected chi connectivity index (χ3v) is 5.09. The third-order valence-electron chi connectivity index (χ3n) is 5.09. The van der Waals surface area contributed by atoms with Gasteiger partial charge in [0.1, 0.15) is 5.82 Å². The van der Waals surface area contributed by atoms with E-state index in [0.717, 1.165) is 44.3 Å². The summed E-state index contributed by atoms with van der Waals surface area (Å²) in [4.78, 5) is 14.4. The number of rotatable bonds is 3. The van der Waals surface area contributed by atoms with Gasteiger partial charge < -0.3 is 15.0 Å². The summed E-state index contributed by atoms with van der Waals surface area (Å²) < 4.78 is 19.5.